The Kier molecular flexibility index (Phi) is 8.34. The Balaban J connectivity index is 1.68. The van der Waals surface area contributed by atoms with Gasteiger partial charge < -0.3 is 5.32 Å². The molecule has 0 saturated heterocycles. The monoisotopic (exact) mass is 524 g/mol. The maximum Gasteiger partial charge on any atom is 0.251 e. The summed E-state index contributed by atoms with van der Waals surface area (Å²) in [7, 11) is 0. The Morgan fingerprint density at radius 2 is 1.76 bits per heavy atom. The molecule has 0 aliphatic rings. The van der Waals surface area contributed by atoms with Gasteiger partial charge in [-0.15, -0.1) is 21.5 Å². The van der Waals surface area contributed by atoms with Crippen LogP contribution in [-0.2, 0) is 16.1 Å². The van der Waals surface area contributed by atoms with Crippen LogP contribution in [0.4, 0.5) is 14.5 Å². The molecule has 2 amide bonds. The number of hydrogen-bond acceptors (Lipinski definition) is 6. The maximum atomic E-state index is 15.0. The summed E-state index contributed by atoms with van der Waals surface area (Å²) in [5, 5.41) is 16.5. The molecule has 192 valence electrons. The second kappa shape index (κ2) is 11.8. The van der Waals surface area contributed by atoms with E-state index in [0.29, 0.717) is 17.3 Å². The van der Waals surface area contributed by atoms with E-state index < -0.39 is 36.0 Å². The molecule has 1 unspecified atom stereocenters. The summed E-state index contributed by atoms with van der Waals surface area (Å²) >= 11 is 1.29. The molecular formula is C26H26F2N6O2S. The number of aromatic nitrogens is 4. The summed E-state index contributed by atoms with van der Waals surface area (Å²) < 4.78 is 29.2. The molecule has 0 fully saturated rings. The fraction of sp³-hybridized carbons (Fsp3) is 0.269. The number of anilines is 1. The average Bonchev–Trinajstić information content (AvgIpc) is 3.55. The van der Waals surface area contributed by atoms with E-state index in [9.17, 15) is 14.0 Å². The van der Waals surface area contributed by atoms with Gasteiger partial charge in [0.1, 0.15) is 24.2 Å². The van der Waals surface area contributed by atoms with Gasteiger partial charge in [0, 0.05) is 11.4 Å². The molecule has 2 aromatic heterocycles. The van der Waals surface area contributed by atoms with Crippen molar-refractivity contribution in [1.82, 2.24) is 25.5 Å². The largest absolute Gasteiger partial charge is 0.354 e. The van der Waals surface area contributed by atoms with Gasteiger partial charge in [0.2, 0.25) is 11.7 Å². The molecule has 0 saturated carbocycles. The van der Waals surface area contributed by atoms with Crippen LogP contribution in [0.3, 0.4) is 0 Å². The van der Waals surface area contributed by atoms with Gasteiger partial charge in [0.25, 0.3) is 5.91 Å². The zero-order valence-electron chi connectivity index (χ0n) is 20.3. The molecule has 0 spiro atoms. The standard InChI is InChI=1S/C26H26F2N6O2S/c1-17(2)13-14-29-26(36)24(22-12-7-15-37-22)34(21-11-6-5-10-20(21)28)23(35)16-33-31-25(30-32-33)18-8-3-4-9-19(18)27/h3-12,15,17,24H,13-14,16H2,1-2H3,(H,29,36). The fourth-order valence-corrected chi connectivity index (χ4v) is 4.54. The van der Waals surface area contributed by atoms with Crippen molar-refractivity contribution in [3.8, 4) is 11.4 Å². The SMILES string of the molecule is CC(C)CCNC(=O)C(c1cccs1)N(C(=O)Cn1nnc(-c2ccccc2F)n1)c1ccccc1F. The number of halogens is 2. The third kappa shape index (κ3) is 6.23. The molecule has 4 aromatic rings. The van der Waals surface area contributed by atoms with Crippen molar-refractivity contribution in [3.63, 3.8) is 0 Å². The summed E-state index contributed by atoms with van der Waals surface area (Å²) in [5.74, 6) is -1.89. The molecule has 8 nitrogen and oxygen atoms in total. The van der Waals surface area contributed by atoms with Crippen LogP contribution in [0.1, 0.15) is 31.2 Å². The van der Waals surface area contributed by atoms with Crippen LogP contribution in [0, 0.1) is 17.6 Å². The average molecular weight is 525 g/mol. The first-order valence-electron chi connectivity index (χ1n) is 11.8. The van der Waals surface area contributed by atoms with Crippen LogP contribution in [0.15, 0.2) is 66.0 Å². The molecule has 0 radical (unpaired) electrons. The lowest BCUT2D eigenvalue weighted by atomic mass is 10.1. The van der Waals surface area contributed by atoms with Crippen LogP contribution in [0.5, 0.6) is 0 Å². The van der Waals surface area contributed by atoms with Gasteiger partial charge >= 0.3 is 0 Å². The summed E-state index contributed by atoms with van der Waals surface area (Å²) in [6, 6.07) is 14.1. The first-order valence-corrected chi connectivity index (χ1v) is 12.6. The van der Waals surface area contributed by atoms with Crippen molar-refractivity contribution >= 4 is 28.8 Å². The number of rotatable bonds is 10. The topological polar surface area (TPSA) is 93.0 Å². The molecule has 4 rings (SSSR count). The number of amides is 2. The Morgan fingerprint density at radius 3 is 2.43 bits per heavy atom. The second-order valence-corrected chi connectivity index (χ2v) is 9.71. The predicted molar refractivity (Wildman–Crippen MR) is 137 cm³/mol. The van der Waals surface area contributed by atoms with Gasteiger partial charge in [-0.2, -0.15) is 4.80 Å². The Bertz CT molecular complexity index is 1360. The highest BCUT2D eigenvalue weighted by Crippen LogP contribution is 2.32. The first kappa shape index (κ1) is 26.1. The lowest BCUT2D eigenvalue weighted by Crippen LogP contribution is -2.45. The van der Waals surface area contributed by atoms with E-state index in [-0.39, 0.29) is 17.1 Å². The minimum absolute atomic E-state index is 0.00424. The van der Waals surface area contributed by atoms with Crippen molar-refractivity contribution in [2.75, 3.05) is 11.4 Å². The number of nitrogens with one attached hydrogen (secondary N) is 1. The highest BCUT2D eigenvalue weighted by atomic mass is 32.1. The Hall–Kier alpha value is -3.99. The van der Waals surface area contributed by atoms with Gasteiger partial charge in [-0.25, -0.2) is 8.78 Å². The molecule has 2 heterocycles. The van der Waals surface area contributed by atoms with Crippen molar-refractivity contribution in [2.45, 2.75) is 32.9 Å². The van der Waals surface area contributed by atoms with Gasteiger partial charge in [-0.1, -0.05) is 44.2 Å². The number of thiophene rings is 1. The van der Waals surface area contributed by atoms with Crippen molar-refractivity contribution in [1.29, 1.82) is 0 Å². The Labute approximate surface area is 216 Å². The van der Waals surface area contributed by atoms with E-state index in [1.54, 1.807) is 29.6 Å². The van der Waals surface area contributed by atoms with Gasteiger partial charge in [-0.3, -0.25) is 14.5 Å². The van der Waals surface area contributed by atoms with Gasteiger partial charge in [0.15, 0.2) is 0 Å². The second-order valence-electron chi connectivity index (χ2n) is 8.73. The first-order chi connectivity index (χ1) is 17.8. The number of tetrazole rings is 1. The van der Waals surface area contributed by atoms with E-state index in [4.69, 9.17) is 0 Å². The third-order valence-electron chi connectivity index (χ3n) is 5.57. The van der Waals surface area contributed by atoms with Crippen LogP contribution in [0.2, 0.25) is 0 Å². The normalized spacial score (nSPS) is 11.9. The summed E-state index contributed by atoms with van der Waals surface area (Å²) in [6.07, 6.45) is 0.748. The molecule has 1 N–H and O–H groups in total. The van der Waals surface area contributed by atoms with Gasteiger partial charge in [-0.05, 0) is 53.3 Å². The zero-order chi connectivity index (χ0) is 26.4. The molecular weight excluding hydrogens is 498 g/mol. The minimum atomic E-state index is -1.12. The number of hydrogen-bond donors (Lipinski definition) is 1. The van der Waals surface area contributed by atoms with Gasteiger partial charge in [0.05, 0.1) is 11.3 Å². The number of carbonyl (C=O) groups excluding carboxylic acids is 2. The van der Waals surface area contributed by atoms with Crippen LogP contribution < -0.4 is 10.2 Å². The van der Waals surface area contributed by atoms with E-state index >= 15 is 4.39 Å². The van der Waals surface area contributed by atoms with Crippen molar-refractivity contribution < 1.29 is 18.4 Å². The summed E-state index contributed by atoms with van der Waals surface area (Å²) in [6.45, 7) is 4.04. The van der Waals surface area contributed by atoms with Crippen LogP contribution in [0.25, 0.3) is 11.4 Å². The number of carbonyl (C=O) groups is 2. The van der Waals surface area contributed by atoms with Crippen molar-refractivity contribution in [3.05, 3.63) is 82.6 Å². The highest BCUT2D eigenvalue weighted by Gasteiger charge is 2.35. The van der Waals surface area contributed by atoms with Crippen LogP contribution >= 0.6 is 11.3 Å². The zero-order valence-corrected chi connectivity index (χ0v) is 21.2. The minimum Gasteiger partial charge on any atom is -0.354 e. The number of para-hydroxylation sites is 1. The number of nitrogens with zero attached hydrogens (tertiary/aromatic N) is 5. The smallest absolute Gasteiger partial charge is 0.251 e. The van der Waals surface area contributed by atoms with E-state index in [0.717, 1.165) is 16.1 Å². The maximum absolute atomic E-state index is 15.0. The number of benzene rings is 2. The van der Waals surface area contributed by atoms with Crippen LogP contribution in [-0.4, -0.2) is 38.6 Å². The third-order valence-corrected chi connectivity index (χ3v) is 6.49. The quantitative estimate of drug-likeness (QED) is 0.327. The summed E-state index contributed by atoms with van der Waals surface area (Å²) in [5.41, 5.74) is 0.0764. The molecule has 1 atom stereocenters. The molecule has 0 aliphatic carbocycles. The van der Waals surface area contributed by atoms with E-state index in [1.807, 2.05) is 13.8 Å². The van der Waals surface area contributed by atoms with Crippen molar-refractivity contribution in [2.24, 2.45) is 5.92 Å². The molecule has 2 aromatic carbocycles. The highest BCUT2D eigenvalue weighted by molar-refractivity contribution is 7.10. The molecule has 11 heteroatoms. The van der Waals surface area contributed by atoms with E-state index in [2.05, 4.69) is 20.7 Å². The molecule has 0 bridgehead atoms. The lowest BCUT2D eigenvalue weighted by molar-refractivity contribution is -0.127. The predicted octanol–water partition coefficient (Wildman–Crippen LogP) is 4.62. The molecule has 0 aliphatic heterocycles. The van der Waals surface area contributed by atoms with E-state index in [1.165, 1.54) is 47.7 Å². The summed E-state index contributed by atoms with van der Waals surface area (Å²) in [4.78, 5) is 29.8. The Morgan fingerprint density at radius 1 is 1.03 bits per heavy atom. The fourth-order valence-electron chi connectivity index (χ4n) is 3.72. The lowest BCUT2D eigenvalue weighted by Gasteiger charge is -2.30. The molecule has 37 heavy (non-hydrogen) atoms.